The van der Waals surface area contributed by atoms with Crippen LogP contribution in [-0.2, 0) is 11.2 Å². The Bertz CT molecular complexity index is 1310. The van der Waals surface area contributed by atoms with Gasteiger partial charge in [-0.05, 0) is 61.6 Å². The van der Waals surface area contributed by atoms with E-state index in [4.69, 9.17) is 20.8 Å². The zero-order valence-corrected chi connectivity index (χ0v) is 20.4. The van der Waals surface area contributed by atoms with Gasteiger partial charge in [0.05, 0.1) is 13.4 Å². The number of rotatable bonds is 8. The summed E-state index contributed by atoms with van der Waals surface area (Å²) < 4.78 is 11.4. The van der Waals surface area contributed by atoms with Gasteiger partial charge < -0.3 is 14.5 Å². The third-order valence-corrected chi connectivity index (χ3v) is 6.17. The number of carbonyl (C=O) groups excluding carboxylic acids is 1. The summed E-state index contributed by atoms with van der Waals surface area (Å²) in [4.78, 5) is 12.7. The number of fused-ring (bicyclic) bond motifs is 1. The maximum absolute atomic E-state index is 12.7. The number of hydrogen-bond acceptors (Lipinski definition) is 3. The molecule has 3 aromatic carbocycles. The molecule has 0 radical (unpaired) electrons. The lowest BCUT2D eigenvalue weighted by atomic mass is 9.99. The molecule has 0 aliphatic rings. The second kappa shape index (κ2) is 10.6. The Morgan fingerprint density at radius 1 is 1.12 bits per heavy atom. The Labute approximate surface area is 205 Å². The first-order chi connectivity index (χ1) is 16.4. The van der Waals surface area contributed by atoms with Crippen molar-refractivity contribution >= 4 is 34.1 Å². The number of furan rings is 1. The first-order valence-corrected chi connectivity index (χ1v) is 11.7. The smallest absolute Gasteiger partial charge is 0.244 e. The van der Waals surface area contributed by atoms with E-state index in [0.29, 0.717) is 10.8 Å². The van der Waals surface area contributed by atoms with Gasteiger partial charge in [-0.15, -0.1) is 0 Å². The molecule has 174 valence electrons. The van der Waals surface area contributed by atoms with Crippen molar-refractivity contribution in [1.82, 2.24) is 5.32 Å². The highest BCUT2D eigenvalue weighted by atomic mass is 35.5. The maximum Gasteiger partial charge on any atom is 0.244 e. The molecule has 1 amide bonds. The molecule has 0 aliphatic carbocycles. The number of benzene rings is 3. The second-order valence-corrected chi connectivity index (χ2v) is 8.90. The van der Waals surface area contributed by atoms with Gasteiger partial charge in [0.15, 0.2) is 0 Å². The van der Waals surface area contributed by atoms with Crippen LogP contribution < -0.4 is 10.1 Å². The first-order valence-electron chi connectivity index (χ1n) is 11.3. The van der Waals surface area contributed by atoms with E-state index in [1.54, 1.807) is 19.4 Å². The molecule has 0 saturated carbocycles. The molecule has 1 atom stereocenters. The third kappa shape index (κ3) is 5.52. The molecule has 5 heteroatoms. The third-order valence-electron chi connectivity index (χ3n) is 5.92. The summed E-state index contributed by atoms with van der Waals surface area (Å²) in [5.74, 6) is 0.536. The number of methoxy groups -OCH3 is 1. The molecule has 0 saturated heterocycles. The molecular weight excluding hydrogens is 446 g/mol. The van der Waals surface area contributed by atoms with Crippen LogP contribution in [0.2, 0.25) is 5.02 Å². The predicted molar refractivity (Wildman–Crippen MR) is 139 cm³/mol. The molecule has 34 heavy (non-hydrogen) atoms. The van der Waals surface area contributed by atoms with Gasteiger partial charge in [0.2, 0.25) is 5.91 Å². The van der Waals surface area contributed by atoms with Crippen molar-refractivity contribution in [2.75, 3.05) is 7.11 Å². The van der Waals surface area contributed by atoms with E-state index in [9.17, 15) is 4.79 Å². The molecule has 0 fully saturated rings. The SMILES string of the molecule is COc1cc2occ(-c3ccc(Cl)cc3)c2cc1/C(C)=C/C(=O)NC(C)CCc1ccccc1. The van der Waals surface area contributed by atoms with Crippen molar-refractivity contribution in [3.05, 3.63) is 95.2 Å². The Balaban J connectivity index is 1.54. The summed E-state index contributed by atoms with van der Waals surface area (Å²) in [6.45, 7) is 3.94. The van der Waals surface area contributed by atoms with Crippen LogP contribution in [0, 0.1) is 0 Å². The molecule has 1 unspecified atom stereocenters. The molecule has 1 heterocycles. The molecule has 1 aromatic heterocycles. The molecule has 4 aromatic rings. The van der Waals surface area contributed by atoms with Crippen molar-refractivity contribution < 1.29 is 13.9 Å². The van der Waals surface area contributed by atoms with Gasteiger partial charge in [0.25, 0.3) is 0 Å². The summed E-state index contributed by atoms with van der Waals surface area (Å²) in [5.41, 5.74) is 5.61. The summed E-state index contributed by atoms with van der Waals surface area (Å²) >= 11 is 6.05. The van der Waals surface area contributed by atoms with Crippen LogP contribution in [0.25, 0.3) is 27.7 Å². The van der Waals surface area contributed by atoms with E-state index in [1.807, 2.05) is 68.4 Å². The Morgan fingerprint density at radius 3 is 2.56 bits per heavy atom. The topological polar surface area (TPSA) is 51.5 Å². The van der Waals surface area contributed by atoms with Crippen LogP contribution in [0.4, 0.5) is 0 Å². The van der Waals surface area contributed by atoms with Crippen molar-refractivity contribution in [2.45, 2.75) is 32.7 Å². The normalized spacial score (nSPS) is 12.5. The van der Waals surface area contributed by atoms with E-state index < -0.39 is 0 Å². The fraction of sp³-hybridized carbons (Fsp3) is 0.207. The lowest BCUT2D eigenvalue weighted by Gasteiger charge is -2.14. The van der Waals surface area contributed by atoms with Crippen molar-refractivity contribution in [2.24, 2.45) is 0 Å². The minimum Gasteiger partial charge on any atom is -0.496 e. The zero-order valence-electron chi connectivity index (χ0n) is 19.6. The molecule has 1 N–H and O–H groups in total. The number of allylic oxidation sites excluding steroid dienone is 1. The van der Waals surface area contributed by atoms with Gasteiger partial charge in [-0.3, -0.25) is 4.79 Å². The van der Waals surface area contributed by atoms with Gasteiger partial charge in [-0.1, -0.05) is 54.1 Å². The van der Waals surface area contributed by atoms with Crippen molar-refractivity contribution in [3.63, 3.8) is 0 Å². The summed E-state index contributed by atoms with van der Waals surface area (Å²) in [6.07, 6.45) is 5.16. The molecule has 4 nitrogen and oxygen atoms in total. The number of amides is 1. The number of hydrogen-bond donors (Lipinski definition) is 1. The van der Waals surface area contributed by atoms with E-state index >= 15 is 0 Å². The van der Waals surface area contributed by atoms with Crippen LogP contribution in [0.15, 0.2) is 83.5 Å². The summed E-state index contributed by atoms with van der Waals surface area (Å²) in [5, 5.41) is 4.70. The minimum atomic E-state index is -0.120. The summed E-state index contributed by atoms with van der Waals surface area (Å²) in [7, 11) is 1.62. The fourth-order valence-electron chi connectivity index (χ4n) is 4.04. The highest BCUT2D eigenvalue weighted by molar-refractivity contribution is 6.30. The van der Waals surface area contributed by atoms with Gasteiger partial charge >= 0.3 is 0 Å². The van der Waals surface area contributed by atoms with Gasteiger partial charge in [0.1, 0.15) is 11.3 Å². The highest BCUT2D eigenvalue weighted by Gasteiger charge is 2.15. The van der Waals surface area contributed by atoms with E-state index in [0.717, 1.165) is 46.1 Å². The maximum atomic E-state index is 12.7. The lowest BCUT2D eigenvalue weighted by Crippen LogP contribution is -2.31. The molecule has 0 spiro atoms. The van der Waals surface area contributed by atoms with E-state index in [1.165, 1.54) is 5.56 Å². The number of nitrogens with one attached hydrogen (secondary N) is 1. The molecule has 0 aliphatic heterocycles. The standard InChI is InChI=1S/C29H28ClNO3/c1-19(15-29(32)31-20(2)9-10-21-7-5-4-6-8-21)24-16-25-26(22-11-13-23(30)14-12-22)18-34-28(25)17-27(24)33-3/h4-8,11-18,20H,9-10H2,1-3H3,(H,31,32)/b19-15+. The number of carbonyl (C=O) groups is 1. The number of aryl methyl sites for hydroxylation is 1. The highest BCUT2D eigenvalue weighted by Crippen LogP contribution is 2.37. The van der Waals surface area contributed by atoms with Gasteiger partial charge in [-0.25, -0.2) is 0 Å². The van der Waals surface area contributed by atoms with Crippen molar-refractivity contribution in [3.8, 4) is 16.9 Å². The summed E-state index contributed by atoms with van der Waals surface area (Å²) in [6, 6.07) is 21.9. The Kier molecular flexibility index (Phi) is 7.39. The van der Waals surface area contributed by atoms with Crippen LogP contribution in [0.3, 0.4) is 0 Å². The monoisotopic (exact) mass is 473 g/mol. The molecular formula is C29H28ClNO3. The minimum absolute atomic E-state index is 0.0616. The predicted octanol–water partition coefficient (Wildman–Crippen LogP) is 7.30. The van der Waals surface area contributed by atoms with Crippen LogP contribution in [-0.4, -0.2) is 19.1 Å². The van der Waals surface area contributed by atoms with Gasteiger partial charge in [-0.2, -0.15) is 0 Å². The number of halogens is 1. The van der Waals surface area contributed by atoms with Gasteiger partial charge in [0, 0.05) is 39.7 Å². The van der Waals surface area contributed by atoms with E-state index in [-0.39, 0.29) is 11.9 Å². The average molecular weight is 474 g/mol. The quantitative estimate of drug-likeness (QED) is 0.273. The lowest BCUT2D eigenvalue weighted by molar-refractivity contribution is -0.117. The second-order valence-electron chi connectivity index (χ2n) is 8.47. The van der Waals surface area contributed by atoms with Crippen LogP contribution >= 0.6 is 11.6 Å². The Hall–Kier alpha value is -3.50. The zero-order chi connectivity index (χ0) is 24.1. The molecule has 4 rings (SSSR count). The van der Waals surface area contributed by atoms with Crippen LogP contribution in [0.5, 0.6) is 5.75 Å². The van der Waals surface area contributed by atoms with Crippen molar-refractivity contribution in [1.29, 1.82) is 0 Å². The fourth-order valence-corrected chi connectivity index (χ4v) is 4.17. The van der Waals surface area contributed by atoms with Crippen LogP contribution in [0.1, 0.15) is 31.4 Å². The first kappa shape index (κ1) is 23.7. The Morgan fingerprint density at radius 2 is 1.85 bits per heavy atom. The van der Waals surface area contributed by atoms with E-state index in [2.05, 4.69) is 17.4 Å². The molecule has 0 bridgehead atoms. The number of ether oxygens (including phenoxy) is 1. The average Bonchev–Trinajstić information content (AvgIpc) is 3.25. The largest absolute Gasteiger partial charge is 0.496 e.